The van der Waals surface area contributed by atoms with Crippen molar-refractivity contribution in [2.24, 2.45) is 33.4 Å². The summed E-state index contributed by atoms with van der Waals surface area (Å²) in [6.07, 6.45) is 0. The number of hydrazone groups is 2. The minimum absolute atomic E-state index is 0.484. The van der Waals surface area contributed by atoms with Crippen molar-refractivity contribution in [3.05, 3.63) is 0 Å². The molecule has 0 spiro atoms. The van der Waals surface area contributed by atoms with Crippen molar-refractivity contribution in [1.82, 2.24) is 11.0 Å². The molecule has 0 rings (SSSR count). The van der Waals surface area contributed by atoms with Crippen LogP contribution in [0.1, 0.15) is 0 Å². The first kappa shape index (κ1) is 13.0. The van der Waals surface area contributed by atoms with Crippen LogP contribution in [0.3, 0.4) is 0 Å². The standard InChI is InChI=1S/C2H10N8O4S/c3-1(7-5)9-13-15(11,12)14-10-2(4)8-6/h5-6H2,(H3,3,7,9)(H3,4,8,10). The molecule has 88 valence electrons. The van der Waals surface area contributed by atoms with Crippen molar-refractivity contribution in [3.8, 4) is 0 Å². The summed E-state index contributed by atoms with van der Waals surface area (Å²) in [5, 5.41) is 5.70. The van der Waals surface area contributed by atoms with E-state index in [1.165, 1.54) is 0 Å². The number of hydrogen-bond donors (Lipinski definition) is 6. The van der Waals surface area contributed by atoms with E-state index in [9.17, 15) is 8.42 Å². The average molecular weight is 242 g/mol. The molecule has 15 heavy (non-hydrogen) atoms. The first-order chi connectivity index (χ1) is 6.91. The third-order valence-corrected chi connectivity index (χ3v) is 1.35. The lowest BCUT2D eigenvalue weighted by Gasteiger charge is -2.06. The third-order valence-electron chi connectivity index (χ3n) is 0.775. The summed E-state index contributed by atoms with van der Waals surface area (Å²) < 4.78 is 29.5. The van der Waals surface area contributed by atoms with Crippen molar-refractivity contribution in [1.29, 1.82) is 0 Å². The summed E-state index contributed by atoms with van der Waals surface area (Å²) in [5.74, 6) is 8.35. The molecule has 0 bridgehead atoms. The molecule has 0 saturated heterocycles. The fraction of sp³-hybridized carbons (Fsp3) is 0. The largest absolute Gasteiger partial charge is 0.442 e. The van der Waals surface area contributed by atoms with Gasteiger partial charge < -0.3 is 23.2 Å². The Morgan fingerprint density at radius 1 is 1.00 bits per heavy atom. The normalized spacial score (nSPS) is 13.6. The van der Waals surface area contributed by atoms with E-state index in [4.69, 9.17) is 11.5 Å². The molecule has 0 aromatic heterocycles. The summed E-state index contributed by atoms with van der Waals surface area (Å²) in [6.45, 7) is 0. The van der Waals surface area contributed by atoms with Gasteiger partial charge in [-0.2, -0.15) is 8.42 Å². The van der Waals surface area contributed by atoms with E-state index in [1.54, 1.807) is 11.0 Å². The summed E-state index contributed by atoms with van der Waals surface area (Å²) in [4.78, 5) is 0. The maximum Gasteiger partial charge on any atom is 0.442 e. The van der Waals surface area contributed by atoms with Crippen molar-refractivity contribution < 1.29 is 17.0 Å². The molecule has 0 saturated carbocycles. The van der Waals surface area contributed by atoms with Gasteiger partial charge in [0.1, 0.15) is 0 Å². The summed E-state index contributed by atoms with van der Waals surface area (Å²) in [6, 6.07) is 0. The molecule has 0 aliphatic carbocycles. The molecule has 0 heterocycles. The Labute approximate surface area is 84.5 Å². The lowest BCUT2D eigenvalue weighted by atomic mass is 11.1. The average Bonchev–Trinajstić information content (AvgIpc) is 2.22. The van der Waals surface area contributed by atoms with Crippen molar-refractivity contribution in [3.63, 3.8) is 0 Å². The molecule has 12 nitrogen and oxygen atoms in total. The van der Waals surface area contributed by atoms with Crippen molar-refractivity contribution in [2.75, 3.05) is 0 Å². The summed E-state index contributed by atoms with van der Waals surface area (Å²) >= 11 is 0. The van der Waals surface area contributed by atoms with Gasteiger partial charge in [0.15, 0.2) is 0 Å². The van der Waals surface area contributed by atoms with Crippen LogP contribution < -0.4 is 34.1 Å². The van der Waals surface area contributed by atoms with Crippen LogP contribution in [0.25, 0.3) is 0 Å². The summed E-state index contributed by atoms with van der Waals surface area (Å²) in [7, 11) is -4.45. The van der Waals surface area contributed by atoms with Crippen molar-refractivity contribution in [2.45, 2.75) is 0 Å². The molecule has 0 amide bonds. The van der Waals surface area contributed by atoms with Crippen LogP contribution in [0, 0.1) is 0 Å². The fourth-order valence-corrected chi connectivity index (χ4v) is 0.666. The molecule has 0 aromatic rings. The number of nitrogens with two attached hydrogens (primary N) is 4. The Bertz CT molecular complexity index is 318. The Morgan fingerprint density at radius 2 is 1.33 bits per heavy atom. The SMILES string of the molecule is NN=C(N)NOS(=O)(=O)ONC(N)=NN. The van der Waals surface area contributed by atoms with Gasteiger partial charge in [-0.05, 0) is 0 Å². The molecule has 0 aromatic carbocycles. The number of rotatable bonds is 4. The van der Waals surface area contributed by atoms with E-state index in [2.05, 4.69) is 30.5 Å². The Kier molecular flexibility index (Phi) is 4.93. The van der Waals surface area contributed by atoms with Crippen LogP contribution in [0.2, 0.25) is 0 Å². The monoisotopic (exact) mass is 242 g/mol. The van der Waals surface area contributed by atoms with Crippen LogP contribution in [0.4, 0.5) is 0 Å². The first-order valence-corrected chi connectivity index (χ1v) is 4.45. The second-order valence-electron chi connectivity index (χ2n) is 1.81. The smallest absolute Gasteiger partial charge is 0.367 e. The van der Waals surface area contributed by atoms with E-state index in [0.717, 1.165) is 0 Å². The topological polar surface area (TPSA) is 205 Å². The van der Waals surface area contributed by atoms with Crippen LogP contribution in [-0.4, -0.2) is 20.3 Å². The van der Waals surface area contributed by atoms with Crippen LogP contribution in [0.15, 0.2) is 10.2 Å². The molecule has 0 radical (unpaired) electrons. The maximum atomic E-state index is 10.8. The van der Waals surface area contributed by atoms with Gasteiger partial charge in [-0.3, -0.25) is 0 Å². The highest BCUT2D eigenvalue weighted by Crippen LogP contribution is 1.88. The molecular formula is C2H10N8O4S. The van der Waals surface area contributed by atoms with E-state index in [0.29, 0.717) is 0 Å². The lowest BCUT2D eigenvalue weighted by molar-refractivity contribution is 0.162. The third kappa shape index (κ3) is 6.13. The molecule has 13 heteroatoms. The minimum Gasteiger partial charge on any atom is -0.367 e. The quantitative estimate of drug-likeness (QED) is 0.121. The molecule has 0 aliphatic rings. The highest BCUT2D eigenvalue weighted by Gasteiger charge is 2.14. The van der Waals surface area contributed by atoms with Gasteiger partial charge in [-0.25, -0.2) is 11.0 Å². The van der Waals surface area contributed by atoms with Gasteiger partial charge in [0, 0.05) is 0 Å². The maximum absolute atomic E-state index is 10.8. The zero-order valence-corrected chi connectivity index (χ0v) is 8.06. The van der Waals surface area contributed by atoms with E-state index >= 15 is 0 Å². The van der Waals surface area contributed by atoms with Crippen LogP contribution >= 0.6 is 0 Å². The Morgan fingerprint density at radius 3 is 1.60 bits per heavy atom. The second kappa shape index (κ2) is 5.68. The van der Waals surface area contributed by atoms with Gasteiger partial charge in [0.05, 0.1) is 0 Å². The molecule has 0 unspecified atom stereocenters. The number of nitrogens with one attached hydrogen (secondary N) is 2. The number of hydroxylamine groups is 2. The van der Waals surface area contributed by atoms with Gasteiger partial charge >= 0.3 is 10.4 Å². The number of nitrogens with zero attached hydrogens (tertiary/aromatic N) is 2. The molecule has 10 N–H and O–H groups in total. The fourth-order valence-electron chi connectivity index (χ4n) is 0.257. The highest BCUT2D eigenvalue weighted by molar-refractivity contribution is 7.81. The number of hydrogen-bond acceptors (Lipinski definition) is 8. The van der Waals surface area contributed by atoms with Gasteiger partial charge in [0.2, 0.25) is 11.9 Å². The predicted molar refractivity (Wildman–Crippen MR) is 49.0 cm³/mol. The zero-order chi connectivity index (χ0) is 11.9. The van der Waals surface area contributed by atoms with Crippen LogP contribution in [-0.2, 0) is 19.0 Å². The first-order valence-electron chi connectivity index (χ1n) is 3.12. The molecule has 0 fully saturated rings. The second-order valence-corrected chi connectivity index (χ2v) is 2.96. The number of guanidine groups is 2. The predicted octanol–water partition coefficient (Wildman–Crippen LogP) is -4.35. The Hall–Kier alpha value is -1.99. The lowest BCUT2D eigenvalue weighted by Crippen LogP contribution is -2.39. The van der Waals surface area contributed by atoms with E-state index < -0.39 is 22.3 Å². The highest BCUT2D eigenvalue weighted by atomic mass is 32.3. The van der Waals surface area contributed by atoms with Gasteiger partial charge in [-0.15, -0.1) is 18.8 Å². The Balaban J connectivity index is 4.10. The minimum atomic E-state index is -4.45. The van der Waals surface area contributed by atoms with Gasteiger partial charge in [-0.1, -0.05) is 0 Å². The van der Waals surface area contributed by atoms with Gasteiger partial charge in [0.25, 0.3) is 0 Å². The zero-order valence-electron chi connectivity index (χ0n) is 7.25. The molecule has 0 aliphatic heterocycles. The molecular weight excluding hydrogens is 232 g/mol. The van der Waals surface area contributed by atoms with E-state index in [1.807, 2.05) is 0 Å². The van der Waals surface area contributed by atoms with Crippen LogP contribution in [0.5, 0.6) is 0 Å². The summed E-state index contributed by atoms with van der Waals surface area (Å²) in [5.41, 5.74) is 13.2. The van der Waals surface area contributed by atoms with E-state index in [-0.39, 0.29) is 0 Å². The van der Waals surface area contributed by atoms with Crippen molar-refractivity contribution >= 4 is 22.3 Å². The molecule has 0 atom stereocenters.